The lowest BCUT2D eigenvalue weighted by Crippen LogP contribution is -2.15. The Morgan fingerprint density at radius 2 is 2.30 bits per heavy atom. The Hall–Kier alpha value is -2.11. The molecule has 1 aromatic heterocycles. The van der Waals surface area contributed by atoms with E-state index in [1.54, 1.807) is 12.1 Å². The number of para-hydroxylation sites is 1. The minimum absolute atomic E-state index is 0.0195. The Bertz CT molecular complexity index is 646. The van der Waals surface area contributed by atoms with E-state index in [1.807, 2.05) is 0 Å². The van der Waals surface area contributed by atoms with E-state index < -0.39 is 4.92 Å². The molecule has 0 radical (unpaired) electrons. The summed E-state index contributed by atoms with van der Waals surface area (Å²) in [6.07, 6.45) is 4.82. The van der Waals surface area contributed by atoms with Gasteiger partial charge in [0.2, 0.25) is 0 Å². The van der Waals surface area contributed by atoms with E-state index in [0.29, 0.717) is 22.5 Å². The summed E-state index contributed by atoms with van der Waals surface area (Å²) in [5.74, 6) is 0. The summed E-state index contributed by atoms with van der Waals surface area (Å²) < 4.78 is 5.53. The minimum Gasteiger partial charge on any atom is -0.423 e. The molecule has 1 heterocycles. The highest BCUT2D eigenvalue weighted by Crippen LogP contribution is 2.49. The molecule has 2 aromatic rings. The van der Waals surface area contributed by atoms with Crippen molar-refractivity contribution in [1.29, 1.82) is 0 Å². The van der Waals surface area contributed by atoms with Crippen molar-refractivity contribution < 1.29 is 9.34 Å². The summed E-state index contributed by atoms with van der Waals surface area (Å²) in [5.41, 5.74) is 1.11. The number of nitro groups is 1. The zero-order valence-electron chi connectivity index (χ0n) is 11.4. The van der Waals surface area contributed by atoms with Gasteiger partial charge in [-0.3, -0.25) is 10.1 Å². The van der Waals surface area contributed by atoms with Crippen molar-refractivity contribution >= 4 is 22.8 Å². The number of nitro benzene ring substituents is 1. The van der Waals surface area contributed by atoms with Crippen molar-refractivity contribution in [3.05, 3.63) is 28.3 Å². The molecule has 6 heteroatoms. The Labute approximate surface area is 116 Å². The van der Waals surface area contributed by atoms with Crippen LogP contribution in [0.15, 0.2) is 22.6 Å². The van der Waals surface area contributed by atoms with E-state index in [0.717, 1.165) is 6.54 Å². The zero-order chi connectivity index (χ0) is 14.2. The fourth-order valence-corrected chi connectivity index (χ4v) is 2.64. The van der Waals surface area contributed by atoms with Crippen molar-refractivity contribution in [3.8, 4) is 0 Å². The first-order chi connectivity index (χ1) is 9.63. The first-order valence-electron chi connectivity index (χ1n) is 6.91. The third-order valence-electron chi connectivity index (χ3n) is 3.95. The van der Waals surface area contributed by atoms with Crippen molar-refractivity contribution in [2.45, 2.75) is 32.6 Å². The Morgan fingerprint density at radius 1 is 1.50 bits per heavy atom. The molecule has 1 aliphatic carbocycles. The highest BCUT2D eigenvalue weighted by molar-refractivity contribution is 5.83. The Kier molecular flexibility index (Phi) is 3.08. The molecule has 6 nitrogen and oxygen atoms in total. The van der Waals surface area contributed by atoms with Crippen LogP contribution in [0.25, 0.3) is 11.1 Å². The molecule has 0 aliphatic heterocycles. The van der Waals surface area contributed by atoms with Crippen LogP contribution in [0.3, 0.4) is 0 Å². The number of hydrogen-bond acceptors (Lipinski definition) is 5. The predicted molar refractivity (Wildman–Crippen MR) is 75.7 cm³/mol. The summed E-state index contributed by atoms with van der Waals surface area (Å²) in [5, 5.41) is 14.1. The third kappa shape index (κ3) is 2.33. The van der Waals surface area contributed by atoms with E-state index in [4.69, 9.17) is 4.42 Å². The number of aromatic nitrogens is 1. The van der Waals surface area contributed by atoms with Crippen LogP contribution in [0, 0.1) is 15.5 Å². The van der Waals surface area contributed by atoms with Gasteiger partial charge < -0.3 is 9.73 Å². The molecule has 0 saturated heterocycles. The highest BCUT2D eigenvalue weighted by atomic mass is 16.6. The normalized spacial score (nSPS) is 16.2. The molecule has 0 atom stereocenters. The fourth-order valence-electron chi connectivity index (χ4n) is 2.64. The highest BCUT2D eigenvalue weighted by Gasteiger charge is 2.41. The van der Waals surface area contributed by atoms with Gasteiger partial charge in [-0.2, -0.15) is 4.98 Å². The maximum Gasteiger partial charge on any atom is 0.298 e. The second kappa shape index (κ2) is 4.77. The monoisotopic (exact) mass is 275 g/mol. The van der Waals surface area contributed by atoms with Gasteiger partial charge >= 0.3 is 0 Å². The molecular formula is C14H17N3O3. The van der Waals surface area contributed by atoms with Crippen molar-refractivity contribution in [3.63, 3.8) is 0 Å². The number of oxazole rings is 1. The third-order valence-corrected chi connectivity index (χ3v) is 3.95. The number of fused-ring (bicyclic) bond motifs is 1. The number of anilines is 1. The molecular weight excluding hydrogens is 258 g/mol. The summed E-state index contributed by atoms with van der Waals surface area (Å²) in [4.78, 5) is 14.7. The number of non-ortho nitro benzene ring substituents is 1. The Balaban J connectivity index is 1.79. The second-order valence-corrected chi connectivity index (χ2v) is 5.50. The molecule has 0 spiro atoms. The number of nitrogens with one attached hydrogen (secondary N) is 1. The molecule has 3 rings (SSSR count). The average molecular weight is 275 g/mol. The zero-order valence-corrected chi connectivity index (χ0v) is 11.4. The van der Waals surface area contributed by atoms with Gasteiger partial charge in [0.25, 0.3) is 11.7 Å². The molecule has 0 bridgehead atoms. The predicted octanol–water partition coefficient (Wildman–Crippen LogP) is 3.73. The smallest absolute Gasteiger partial charge is 0.298 e. The van der Waals surface area contributed by atoms with E-state index in [9.17, 15) is 10.1 Å². The summed E-state index contributed by atoms with van der Waals surface area (Å²) in [7, 11) is 0. The molecule has 1 fully saturated rings. The molecule has 106 valence electrons. The summed E-state index contributed by atoms with van der Waals surface area (Å²) in [6.45, 7) is 3.00. The van der Waals surface area contributed by atoms with Gasteiger partial charge in [0, 0.05) is 12.6 Å². The number of nitrogens with zero attached hydrogens (tertiary/aromatic N) is 2. The van der Waals surface area contributed by atoms with Crippen LogP contribution in [-0.4, -0.2) is 16.5 Å². The van der Waals surface area contributed by atoms with Crippen LogP contribution >= 0.6 is 0 Å². The van der Waals surface area contributed by atoms with E-state index in [-0.39, 0.29) is 5.69 Å². The molecule has 0 unspecified atom stereocenters. The lowest BCUT2D eigenvalue weighted by Gasteiger charge is -2.13. The van der Waals surface area contributed by atoms with Gasteiger partial charge in [-0.15, -0.1) is 0 Å². The van der Waals surface area contributed by atoms with Crippen molar-refractivity contribution in [2.75, 3.05) is 11.9 Å². The largest absolute Gasteiger partial charge is 0.423 e. The average Bonchev–Trinajstić information content (AvgIpc) is 3.05. The number of benzene rings is 1. The van der Waals surface area contributed by atoms with E-state index in [1.165, 1.54) is 31.7 Å². The maximum atomic E-state index is 10.9. The summed E-state index contributed by atoms with van der Waals surface area (Å²) in [6, 6.07) is 5.11. The lowest BCUT2D eigenvalue weighted by atomic mass is 10.0. The van der Waals surface area contributed by atoms with Gasteiger partial charge in [0.05, 0.1) is 4.92 Å². The molecule has 1 N–H and O–H groups in total. The minimum atomic E-state index is -0.436. The number of hydrogen-bond donors (Lipinski definition) is 1. The van der Waals surface area contributed by atoms with E-state index in [2.05, 4.69) is 17.2 Å². The van der Waals surface area contributed by atoms with Crippen LogP contribution in [0.2, 0.25) is 0 Å². The van der Waals surface area contributed by atoms with E-state index >= 15 is 0 Å². The molecule has 1 aromatic carbocycles. The van der Waals surface area contributed by atoms with Crippen LogP contribution in [0.4, 0.5) is 11.7 Å². The summed E-state index contributed by atoms with van der Waals surface area (Å²) >= 11 is 0. The molecule has 1 saturated carbocycles. The van der Waals surface area contributed by atoms with Gasteiger partial charge in [-0.05, 0) is 30.7 Å². The van der Waals surface area contributed by atoms with Crippen LogP contribution in [0.1, 0.15) is 32.6 Å². The molecule has 1 aliphatic rings. The topological polar surface area (TPSA) is 81.2 Å². The van der Waals surface area contributed by atoms with Crippen LogP contribution in [0.5, 0.6) is 0 Å². The standard InChI is InChI=1S/C14H17N3O3/c1-2-6-14(7-8-14)9-15-13-16-12-10(17(18)19)4-3-5-11(12)20-13/h3-5H,2,6-9H2,1H3,(H,15,16). The first kappa shape index (κ1) is 12.9. The van der Waals surface area contributed by atoms with Crippen molar-refractivity contribution in [2.24, 2.45) is 5.41 Å². The Morgan fingerprint density at radius 3 is 2.95 bits per heavy atom. The first-order valence-corrected chi connectivity index (χ1v) is 6.91. The second-order valence-electron chi connectivity index (χ2n) is 5.50. The molecule has 20 heavy (non-hydrogen) atoms. The fraction of sp³-hybridized carbons (Fsp3) is 0.500. The quantitative estimate of drug-likeness (QED) is 0.641. The van der Waals surface area contributed by atoms with Gasteiger partial charge in [0.15, 0.2) is 11.1 Å². The van der Waals surface area contributed by atoms with Gasteiger partial charge in [-0.1, -0.05) is 19.4 Å². The van der Waals surface area contributed by atoms with Crippen LogP contribution in [-0.2, 0) is 0 Å². The van der Waals surface area contributed by atoms with Crippen LogP contribution < -0.4 is 5.32 Å². The van der Waals surface area contributed by atoms with Crippen molar-refractivity contribution in [1.82, 2.24) is 4.98 Å². The van der Waals surface area contributed by atoms with Gasteiger partial charge in [-0.25, -0.2) is 0 Å². The lowest BCUT2D eigenvalue weighted by molar-refractivity contribution is -0.383. The SMILES string of the molecule is CCCC1(CNc2nc3c([N+](=O)[O-])cccc3o2)CC1. The number of rotatable bonds is 6. The maximum absolute atomic E-state index is 10.9. The van der Waals surface area contributed by atoms with Gasteiger partial charge in [0.1, 0.15) is 0 Å². The molecule has 0 amide bonds.